The van der Waals surface area contributed by atoms with Crippen molar-refractivity contribution in [3.63, 3.8) is 0 Å². The number of nitrogens with zero attached hydrogens (tertiary/aromatic N) is 3. The van der Waals surface area contributed by atoms with E-state index in [1.54, 1.807) is 0 Å². The van der Waals surface area contributed by atoms with Gasteiger partial charge < -0.3 is 10.6 Å². The molecule has 2 saturated heterocycles. The number of piperidine rings is 1. The molecule has 2 unspecified atom stereocenters. The number of likely N-dealkylation sites (tertiary alicyclic amines) is 1. The second-order valence-corrected chi connectivity index (χ2v) is 6.79. The fourth-order valence-corrected chi connectivity index (χ4v) is 3.47. The molecule has 1 aromatic heterocycles. The Hall–Kier alpha value is -1.53. The SMILES string of the molecule is Cc1cnc(CN2CCCC(CNC(=O)C3CCCN3)C2)cn1. The number of aromatic nitrogens is 2. The van der Waals surface area contributed by atoms with Crippen molar-refractivity contribution in [1.82, 2.24) is 25.5 Å². The highest BCUT2D eigenvalue weighted by molar-refractivity contribution is 5.81. The van der Waals surface area contributed by atoms with Crippen LogP contribution in [-0.2, 0) is 11.3 Å². The number of hydrogen-bond acceptors (Lipinski definition) is 5. The molecule has 3 heterocycles. The summed E-state index contributed by atoms with van der Waals surface area (Å²) < 4.78 is 0. The second kappa shape index (κ2) is 7.84. The third-order valence-electron chi connectivity index (χ3n) is 4.76. The Morgan fingerprint density at radius 1 is 1.35 bits per heavy atom. The first-order valence-electron chi connectivity index (χ1n) is 8.71. The molecule has 2 aliphatic rings. The average Bonchev–Trinajstić information content (AvgIpc) is 3.10. The lowest BCUT2D eigenvalue weighted by atomic mass is 9.97. The number of amides is 1. The summed E-state index contributed by atoms with van der Waals surface area (Å²) in [5.74, 6) is 0.705. The smallest absolute Gasteiger partial charge is 0.237 e. The molecule has 2 aliphatic heterocycles. The largest absolute Gasteiger partial charge is 0.354 e. The first-order valence-corrected chi connectivity index (χ1v) is 8.71. The van der Waals surface area contributed by atoms with E-state index in [9.17, 15) is 4.79 Å². The van der Waals surface area contributed by atoms with Crippen LogP contribution in [-0.4, -0.2) is 53.0 Å². The maximum absolute atomic E-state index is 12.1. The molecule has 0 aromatic carbocycles. The predicted octanol–water partition coefficient (Wildman–Crippen LogP) is 0.865. The highest BCUT2D eigenvalue weighted by Crippen LogP contribution is 2.17. The summed E-state index contributed by atoms with van der Waals surface area (Å²) in [5.41, 5.74) is 1.98. The summed E-state index contributed by atoms with van der Waals surface area (Å²) >= 11 is 0. The van der Waals surface area contributed by atoms with Crippen molar-refractivity contribution < 1.29 is 4.79 Å². The molecule has 126 valence electrons. The van der Waals surface area contributed by atoms with Gasteiger partial charge in [-0.05, 0) is 51.6 Å². The Balaban J connectivity index is 1.44. The summed E-state index contributed by atoms with van der Waals surface area (Å²) in [6, 6.07) is 0.0255. The van der Waals surface area contributed by atoms with Crippen LogP contribution in [0, 0.1) is 12.8 Å². The highest BCUT2D eigenvalue weighted by atomic mass is 16.2. The normalized spacial score (nSPS) is 25.4. The Bertz CT molecular complexity index is 512. The van der Waals surface area contributed by atoms with Gasteiger partial charge in [0.15, 0.2) is 0 Å². The van der Waals surface area contributed by atoms with Crippen molar-refractivity contribution in [2.24, 2.45) is 5.92 Å². The molecule has 0 aliphatic carbocycles. The lowest BCUT2D eigenvalue weighted by Crippen LogP contribution is -2.45. The zero-order chi connectivity index (χ0) is 16.1. The van der Waals surface area contributed by atoms with Gasteiger partial charge >= 0.3 is 0 Å². The molecule has 0 radical (unpaired) electrons. The van der Waals surface area contributed by atoms with Gasteiger partial charge in [0.25, 0.3) is 0 Å². The molecule has 3 rings (SSSR count). The van der Waals surface area contributed by atoms with E-state index in [1.807, 2.05) is 19.3 Å². The lowest BCUT2D eigenvalue weighted by Gasteiger charge is -2.32. The first-order chi connectivity index (χ1) is 11.2. The van der Waals surface area contributed by atoms with Gasteiger partial charge in [-0.2, -0.15) is 0 Å². The third kappa shape index (κ3) is 4.72. The molecule has 2 atom stereocenters. The highest BCUT2D eigenvalue weighted by Gasteiger charge is 2.24. The predicted molar refractivity (Wildman–Crippen MR) is 88.8 cm³/mol. The van der Waals surface area contributed by atoms with Gasteiger partial charge in [-0.1, -0.05) is 0 Å². The maximum atomic E-state index is 12.1. The van der Waals surface area contributed by atoms with Crippen molar-refractivity contribution >= 4 is 5.91 Å². The number of nitrogens with one attached hydrogen (secondary N) is 2. The molecule has 2 N–H and O–H groups in total. The van der Waals surface area contributed by atoms with Crippen molar-refractivity contribution in [1.29, 1.82) is 0 Å². The van der Waals surface area contributed by atoms with E-state index < -0.39 is 0 Å². The standard InChI is InChI=1S/C17H27N5O/c1-13-8-20-15(10-19-13)12-22-7-3-4-14(11-22)9-21-17(23)16-5-2-6-18-16/h8,10,14,16,18H,2-7,9,11-12H2,1H3,(H,21,23). The zero-order valence-electron chi connectivity index (χ0n) is 13.9. The van der Waals surface area contributed by atoms with Crippen molar-refractivity contribution in [2.45, 2.75) is 45.2 Å². The van der Waals surface area contributed by atoms with E-state index in [2.05, 4.69) is 25.5 Å². The van der Waals surface area contributed by atoms with Crippen LogP contribution in [0.1, 0.15) is 37.1 Å². The molecule has 0 spiro atoms. The quantitative estimate of drug-likeness (QED) is 0.843. The molecular formula is C17H27N5O. The van der Waals surface area contributed by atoms with Gasteiger partial charge in [0, 0.05) is 32.0 Å². The van der Waals surface area contributed by atoms with E-state index in [-0.39, 0.29) is 11.9 Å². The molecule has 1 amide bonds. The van der Waals surface area contributed by atoms with E-state index >= 15 is 0 Å². The summed E-state index contributed by atoms with van der Waals surface area (Å²) in [6.07, 6.45) is 8.13. The Morgan fingerprint density at radius 3 is 3.00 bits per heavy atom. The van der Waals surface area contributed by atoms with Crippen molar-refractivity contribution in [2.75, 3.05) is 26.2 Å². The molecule has 2 fully saturated rings. The van der Waals surface area contributed by atoms with Crippen molar-refractivity contribution in [3.05, 3.63) is 23.8 Å². The molecule has 0 bridgehead atoms. The fourth-order valence-electron chi connectivity index (χ4n) is 3.47. The summed E-state index contributed by atoms with van der Waals surface area (Å²) in [5, 5.41) is 6.38. The molecule has 23 heavy (non-hydrogen) atoms. The van der Waals surface area contributed by atoms with Crippen LogP contribution in [0.3, 0.4) is 0 Å². The van der Waals surface area contributed by atoms with E-state index in [0.29, 0.717) is 5.92 Å². The number of carbonyl (C=O) groups is 1. The van der Waals surface area contributed by atoms with Crippen molar-refractivity contribution in [3.8, 4) is 0 Å². The lowest BCUT2D eigenvalue weighted by molar-refractivity contribution is -0.123. The molecule has 0 saturated carbocycles. The Labute approximate surface area is 138 Å². The van der Waals surface area contributed by atoms with Gasteiger partial charge in [0.2, 0.25) is 5.91 Å². The van der Waals surface area contributed by atoms with Gasteiger partial charge in [-0.3, -0.25) is 19.7 Å². The second-order valence-electron chi connectivity index (χ2n) is 6.79. The van der Waals surface area contributed by atoms with Crippen LogP contribution in [0.25, 0.3) is 0 Å². The van der Waals surface area contributed by atoms with E-state index in [0.717, 1.165) is 57.0 Å². The first kappa shape index (κ1) is 16.3. The van der Waals surface area contributed by atoms with Gasteiger partial charge in [0.1, 0.15) is 0 Å². The third-order valence-corrected chi connectivity index (χ3v) is 4.76. The minimum absolute atomic E-state index is 0.0255. The van der Waals surface area contributed by atoms with Crippen LogP contribution in [0.2, 0.25) is 0 Å². The fraction of sp³-hybridized carbons (Fsp3) is 0.706. The number of rotatable bonds is 5. The Morgan fingerprint density at radius 2 is 2.26 bits per heavy atom. The minimum atomic E-state index is 0.0255. The van der Waals surface area contributed by atoms with Crippen LogP contribution < -0.4 is 10.6 Å². The van der Waals surface area contributed by atoms with Gasteiger partial charge in [-0.25, -0.2) is 0 Å². The van der Waals surface area contributed by atoms with E-state index in [1.165, 1.54) is 12.8 Å². The molecule has 6 nitrogen and oxygen atoms in total. The number of hydrogen-bond donors (Lipinski definition) is 2. The maximum Gasteiger partial charge on any atom is 0.237 e. The van der Waals surface area contributed by atoms with Gasteiger partial charge in [0.05, 0.1) is 17.4 Å². The summed E-state index contributed by atoms with van der Waals surface area (Å²) in [6.45, 7) is 6.68. The average molecular weight is 317 g/mol. The number of aryl methyl sites for hydroxylation is 1. The molecule has 1 aromatic rings. The summed E-state index contributed by atoms with van der Waals surface area (Å²) in [7, 11) is 0. The van der Waals surface area contributed by atoms with Gasteiger partial charge in [-0.15, -0.1) is 0 Å². The van der Waals surface area contributed by atoms with Crippen LogP contribution >= 0.6 is 0 Å². The van der Waals surface area contributed by atoms with E-state index in [4.69, 9.17) is 0 Å². The number of carbonyl (C=O) groups excluding carboxylic acids is 1. The monoisotopic (exact) mass is 317 g/mol. The van der Waals surface area contributed by atoms with Crippen LogP contribution in [0.5, 0.6) is 0 Å². The molecular weight excluding hydrogens is 290 g/mol. The van der Waals surface area contributed by atoms with Crippen LogP contribution in [0.4, 0.5) is 0 Å². The Kier molecular flexibility index (Phi) is 5.56. The molecule has 6 heteroatoms. The summed E-state index contributed by atoms with van der Waals surface area (Å²) in [4.78, 5) is 23.3. The zero-order valence-corrected chi connectivity index (χ0v) is 13.9. The van der Waals surface area contributed by atoms with Crippen LogP contribution in [0.15, 0.2) is 12.4 Å². The minimum Gasteiger partial charge on any atom is -0.354 e. The topological polar surface area (TPSA) is 70.2 Å².